The van der Waals surface area contributed by atoms with E-state index in [9.17, 15) is 24.8 Å². The number of carboxylic acids is 1. The Morgan fingerprint density at radius 3 is 2.22 bits per heavy atom. The van der Waals surface area contributed by atoms with Crippen LogP contribution in [0.3, 0.4) is 0 Å². The number of non-ortho nitro benzene ring substituents is 1. The minimum absolute atomic E-state index is 0.155. The first-order chi connectivity index (χ1) is 12.8. The highest BCUT2D eigenvalue weighted by molar-refractivity contribution is 5.94. The molecule has 142 valence electrons. The monoisotopic (exact) mass is 373 g/mol. The number of amides is 1. The lowest BCUT2D eigenvalue weighted by Gasteiger charge is -2.21. The third-order valence-corrected chi connectivity index (χ3v) is 3.83. The fourth-order valence-electron chi connectivity index (χ4n) is 2.46. The number of ether oxygens (including phenoxy) is 2. The van der Waals surface area contributed by atoms with Crippen molar-refractivity contribution in [2.24, 2.45) is 0 Å². The molecule has 0 aliphatic carbocycles. The van der Waals surface area contributed by atoms with E-state index < -0.39 is 29.3 Å². The summed E-state index contributed by atoms with van der Waals surface area (Å²) in [4.78, 5) is 33.6. The average Bonchev–Trinajstić information content (AvgIpc) is 2.66. The maximum atomic E-state index is 12.4. The lowest BCUT2D eigenvalue weighted by Crippen LogP contribution is -2.34. The molecular weight excluding hydrogens is 356 g/mol. The lowest BCUT2D eigenvalue weighted by molar-refractivity contribution is -0.384. The van der Waals surface area contributed by atoms with E-state index in [0.29, 0.717) is 17.1 Å². The molecule has 9 heteroatoms. The number of hydrogen-bond acceptors (Lipinski definition) is 7. The second kappa shape index (κ2) is 8.65. The van der Waals surface area contributed by atoms with Crippen molar-refractivity contribution in [3.8, 4) is 11.5 Å². The van der Waals surface area contributed by atoms with Gasteiger partial charge in [-0.1, -0.05) is 6.07 Å². The van der Waals surface area contributed by atoms with E-state index in [1.807, 2.05) is 0 Å². The summed E-state index contributed by atoms with van der Waals surface area (Å²) in [7, 11) is 2.90. The molecule has 0 radical (unpaired) electrons. The molecule has 0 heterocycles. The number of rotatable bonds is 8. The Bertz CT molecular complexity index is 849. The lowest BCUT2D eigenvalue weighted by atomic mass is 10.0. The number of nitrogens with one attached hydrogen (secondary N) is 1. The van der Waals surface area contributed by atoms with Gasteiger partial charge in [-0.15, -0.1) is 0 Å². The Morgan fingerprint density at radius 1 is 1.07 bits per heavy atom. The third kappa shape index (κ3) is 4.94. The highest BCUT2D eigenvalue weighted by Gasteiger charge is 2.19. The van der Waals surface area contributed by atoms with E-state index in [1.54, 1.807) is 18.2 Å². The maximum Gasteiger partial charge on any atom is 0.269 e. The van der Waals surface area contributed by atoms with Gasteiger partial charge in [0.2, 0.25) is 0 Å². The summed E-state index contributed by atoms with van der Waals surface area (Å²) in [5, 5.41) is 24.4. The van der Waals surface area contributed by atoms with Crippen LogP contribution in [0.2, 0.25) is 0 Å². The molecule has 0 spiro atoms. The molecule has 2 aromatic rings. The molecule has 1 unspecified atom stereocenters. The number of carbonyl (C=O) groups excluding carboxylic acids is 2. The Balaban J connectivity index is 2.27. The van der Waals surface area contributed by atoms with Gasteiger partial charge >= 0.3 is 0 Å². The first-order valence-corrected chi connectivity index (χ1v) is 7.82. The fraction of sp³-hybridized carbons (Fsp3) is 0.222. The van der Waals surface area contributed by atoms with Crippen LogP contribution in [0.1, 0.15) is 28.4 Å². The Labute approximate surface area is 154 Å². The van der Waals surface area contributed by atoms with Gasteiger partial charge in [0.25, 0.3) is 11.6 Å². The van der Waals surface area contributed by atoms with Crippen molar-refractivity contribution in [3.05, 3.63) is 63.7 Å². The average molecular weight is 373 g/mol. The van der Waals surface area contributed by atoms with Gasteiger partial charge < -0.3 is 24.7 Å². The molecule has 27 heavy (non-hydrogen) atoms. The summed E-state index contributed by atoms with van der Waals surface area (Å²) in [5.41, 5.74) is 0.481. The zero-order valence-electron chi connectivity index (χ0n) is 14.6. The molecule has 0 bridgehead atoms. The predicted octanol–water partition coefficient (Wildman–Crippen LogP) is 1.22. The van der Waals surface area contributed by atoms with Crippen molar-refractivity contribution in [1.29, 1.82) is 0 Å². The molecule has 2 rings (SSSR count). The van der Waals surface area contributed by atoms with Gasteiger partial charge in [0.05, 0.1) is 25.2 Å². The highest BCUT2D eigenvalue weighted by atomic mass is 16.6. The molecular formula is C18H17N2O7-. The van der Waals surface area contributed by atoms with Crippen LogP contribution in [0.25, 0.3) is 0 Å². The Kier molecular flexibility index (Phi) is 6.32. The molecule has 1 N–H and O–H groups in total. The fourth-order valence-corrected chi connectivity index (χ4v) is 2.46. The number of nitro benzene ring substituents is 1. The van der Waals surface area contributed by atoms with Gasteiger partial charge in [-0.05, 0) is 29.8 Å². The van der Waals surface area contributed by atoms with Crippen LogP contribution >= 0.6 is 0 Å². The summed E-state index contributed by atoms with van der Waals surface area (Å²) < 4.78 is 10.3. The first-order valence-electron chi connectivity index (χ1n) is 7.82. The standard InChI is InChI=1S/C18H18N2O7/c1-26-15-8-5-12(9-16(15)27-2)14(10-17(21)22)19-18(23)11-3-6-13(7-4-11)20(24)25/h3-9,14H,10H2,1-2H3,(H,19,23)(H,21,22)/p-1. The van der Waals surface area contributed by atoms with E-state index in [1.165, 1.54) is 38.5 Å². The number of nitrogens with zero attached hydrogens (tertiary/aromatic N) is 1. The molecule has 0 aliphatic heterocycles. The second-order valence-electron chi connectivity index (χ2n) is 5.52. The van der Waals surface area contributed by atoms with Crippen LogP contribution in [0.15, 0.2) is 42.5 Å². The summed E-state index contributed by atoms with van der Waals surface area (Å²) >= 11 is 0. The minimum atomic E-state index is -1.35. The van der Waals surface area contributed by atoms with Crippen molar-refractivity contribution >= 4 is 17.6 Å². The van der Waals surface area contributed by atoms with Crippen molar-refractivity contribution in [3.63, 3.8) is 0 Å². The molecule has 9 nitrogen and oxygen atoms in total. The topological polar surface area (TPSA) is 131 Å². The maximum absolute atomic E-state index is 12.4. The van der Waals surface area contributed by atoms with Crippen LogP contribution in [0.4, 0.5) is 5.69 Å². The van der Waals surface area contributed by atoms with Crippen molar-refractivity contribution < 1.29 is 29.1 Å². The SMILES string of the molecule is COc1ccc(C(CC(=O)[O-])NC(=O)c2ccc([N+](=O)[O-])cc2)cc1OC. The Hall–Kier alpha value is -3.62. The molecule has 0 saturated heterocycles. The summed E-state index contributed by atoms with van der Waals surface area (Å²) in [6.45, 7) is 0. The van der Waals surface area contributed by atoms with Gasteiger partial charge in [-0.3, -0.25) is 14.9 Å². The zero-order valence-corrected chi connectivity index (χ0v) is 14.6. The largest absolute Gasteiger partial charge is 0.550 e. The molecule has 0 saturated carbocycles. The molecule has 1 amide bonds. The number of benzene rings is 2. The molecule has 2 aromatic carbocycles. The van der Waals surface area contributed by atoms with Crippen molar-refractivity contribution in [2.75, 3.05) is 14.2 Å². The van der Waals surface area contributed by atoms with Gasteiger partial charge in [0.1, 0.15) is 0 Å². The van der Waals surface area contributed by atoms with Crippen LogP contribution in [-0.2, 0) is 4.79 Å². The summed E-state index contributed by atoms with van der Waals surface area (Å²) in [5.74, 6) is -1.09. The zero-order chi connectivity index (χ0) is 20.0. The van der Waals surface area contributed by atoms with Crippen molar-refractivity contribution in [1.82, 2.24) is 5.32 Å². The summed E-state index contributed by atoms with van der Waals surface area (Å²) in [6, 6.07) is 8.83. The molecule has 0 aromatic heterocycles. The van der Waals surface area contributed by atoms with E-state index in [0.717, 1.165) is 0 Å². The van der Waals surface area contributed by atoms with E-state index >= 15 is 0 Å². The highest BCUT2D eigenvalue weighted by Crippen LogP contribution is 2.31. The van der Waals surface area contributed by atoms with Crippen molar-refractivity contribution in [2.45, 2.75) is 12.5 Å². The molecule has 1 atom stereocenters. The van der Waals surface area contributed by atoms with Crippen LogP contribution in [0.5, 0.6) is 11.5 Å². The normalized spacial score (nSPS) is 11.3. The first kappa shape index (κ1) is 19.7. The van der Waals surface area contributed by atoms with E-state index in [-0.39, 0.29) is 11.3 Å². The second-order valence-corrected chi connectivity index (χ2v) is 5.52. The number of carboxylic acid groups (broad SMARTS) is 1. The van der Waals surface area contributed by atoms with Crippen LogP contribution < -0.4 is 19.9 Å². The van der Waals surface area contributed by atoms with Gasteiger partial charge in [-0.2, -0.15) is 0 Å². The number of nitro groups is 1. The number of methoxy groups -OCH3 is 2. The number of carbonyl (C=O) groups is 2. The number of hydrogen-bond donors (Lipinski definition) is 1. The van der Waals surface area contributed by atoms with E-state index in [2.05, 4.69) is 5.32 Å². The molecule has 0 fully saturated rings. The van der Waals surface area contributed by atoms with Crippen LogP contribution in [0, 0.1) is 10.1 Å². The number of aliphatic carboxylic acids is 1. The van der Waals surface area contributed by atoms with Crippen LogP contribution in [-0.4, -0.2) is 31.0 Å². The van der Waals surface area contributed by atoms with Gasteiger partial charge in [0.15, 0.2) is 11.5 Å². The Morgan fingerprint density at radius 2 is 1.70 bits per heavy atom. The van der Waals surface area contributed by atoms with Gasteiger partial charge in [0, 0.05) is 30.1 Å². The summed E-state index contributed by atoms with van der Waals surface area (Å²) in [6.07, 6.45) is -0.464. The quantitative estimate of drug-likeness (QED) is 0.544. The van der Waals surface area contributed by atoms with E-state index in [4.69, 9.17) is 9.47 Å². The molecule has 0 aliphatic rings. The predicted molar refractivity (Wildman–Crippen MR) is 92.5 cm³/mol. The van der Waals surface area contributed by atoms with Gasteiger partial charge in [-0.25, -0.2) is 0 Å². The third-order valence-electron chi connectivity index (χ3n) is 3.83. The minimum Gasteiger partial charge on any atom is -0.550 e. The smallest absolute Gasteiger partial charge is 0.269 e.